The van der Waals surface area contributed by atoms with E-state index < -0.39 is 0 Å². The van der Waals surface area contributed by atoms with Crippen molar-refractivity contribution >= 4 is 40.7 Å². The Hall–Kier alpha value is -2.37. The molecule has 2 aromatic carbocycles. The summed E-state index contributed by atoms with van der Waals surface area (Å²) in [6.45, 7) is 2.68. The Morgan fingerprint density at radius 3 is 2.42 bits per heavy atom. The number of nitrogens with zero attached hydrogens (tertiary/aromatic N) is 3. The van der Waals surface area contributed by atoms with Gasteiger partial charge in [0.1, 0.15) is 0 Å². The summed E-state index contributed by atoms with van der Waals surface area (Å²) >= 11 is 12.0. The Balaban J connectivity index is 1.68. The third-order valence-corrected chi connectivity index (χ3v) is 3.70. The summed E-state index contributed by atoms with van der Waals surface area (Å²) in [4.78, 5) is 4.38. The van der Waals surface area contributed by atoms with E-state index in [1.54, 1.807) is 18.2 Å². The van der Waals surface area contributed by atoms with Gasteiger partial charge in [-0.2, -0.15) is 10.1 Å². The maximum Gasteiger partial charge on any atom is 0.244 e. The Kier molecular flexibility index (Phi) is 5.13. The molecule has 0 atom stereocenters. The Bertz CT molecular complexity index is 816. The molecule has 0 saturated heterocycles. The summed E-state index contributed by atoms with van der Waals surface area (Å²) in [5.41, 5.74) is 3.10. The number of aryl methyl sites for hydroxylation is 1. The second kappa shape index (κ2) is 7.47. The van der Waals surface area contributed by atoms with Crippen LogP contribution in [-0.4, -0.2) is 15.2 Å². The van der Waals surface area contributed by atoms with E-state index in [2.05, 4.69) is 57.0 Å². The summed E-state index contributed by atoms with van der Waals surface area (Å²) in [6, 6.07) is 13.4. The maximum atomic E-state index is 5.99. The molecular formula is C17H15Cl2N5. The molecule has 0 radical (unpaired) electrons. The Morgan fingerprint density at radius 1 is 1.00 bits per heavy atom. The summed E-state index contributed by atoms with van der Waals surface area (Å²) in [5, 5.41) is 15.3. The average molecular weight is 360 g/mol. The number of rotatable bonds is 5. The van der Waals surface area contributed by atoms with Gasteiger partial charge in [0.05, 0.1) is 6.20 Å². The molecule has 0 aliphatic rings. The smallest absolute Gasteiger partial charge is 0.244 e. The third kappa shape index (κ3) is 4.57. The first-order chi connectivity index (χ1) is 11.6. The molecule has 3 aromatic rings. The van der Waals surface area contributed by atoms with Crippen molar-refractivity contribution in [2.45, 2.75) is 13.5 Å². The highest BCUT2D eigenvalue weighted by Gasteiger charge is 2.03. The van der Waals surface area contributed by atoms with Crippen molar-refractivity contribution in [3.63, 3.8) is 0 Å². The minimum Gasteiger partial charge on any atom is -0.349 e. The lowest BCUT2D eigenvalue weighted by Crippen LogP contribution is -2.06. The van der Waals surface area contributed by atoms with Gasteiger partial charge in [-0.3, -0.25) is 0 Å². The molecule has 1 heterocycles. The molecule has 0 spiro atoms. The lowest BCUT2D eigenvalue weighted by atomic mass is 10.1. The molecule has 3 rings (SSSR count). The van der Waals surface area contributed by atoms with E-state index in [0.29, 0.717) is 28.4 Å². The zero-order valence-electron chi connectivity index (χ0n) is 12.9. The normalized spacial score (nSPS) is 10.5. The van der Waals surface area contributed by atoms with Crippen LogP contribution in [0.15, 0.2) is 48.7 Å². The largest absolute Gasteiger partial charge is 0.349 e. The topological polar surface area (TPSA) is 62.7 Å². The van der Waals surface area contributed by atoms with E-state index in [4.69, 9.17) is 23.2 Å². The van der Waals surface area contributed by atoms with Crippen molar-refractivity contribution in [3.8, 4) is 0 Å². The predicted octanol–water partition coefficient (Wildman–Crippen LogP) is 4.84. The summed E-state index contributed by atoms with van der Waals surface area (Å²) in [7, 11) is 0. The number of hydrogen-bond donors (Lipinski definition) is 2. The van der Waals surface area contributed by atoms with Gasteiger partial charge in [0.15, 0.2) is 5.82 Å². The quantitative estimate of drug-likeness (QED) is 0.682. The van der Waals surface area contributed by atoms with Crippen molar-refractivity contribution in [2.24, 2.45) is 0 Å². The van der Waals surface area contributed by atoms with Crippen molar-refractivity contribution in [1.82, 2.24) is 15.2 Å². The van der Waals surface area contributed by atoms with Gasteiger partial charge in [0.25, 0.3) is 0 Å². The molecule has 0 amide bonds. The van der Waals surface area contributed by atoms with Crippen molar-refractivity contribution in [1.29, 1.82) is 0 Å². The maximum absolute atomic E-state index is 5.99. The van der Waals surface area contributed by atoms with Crippen LogP contribution in [0.5, 0.6) is 0 Å². The highest BCUT2D eigenvalue weighted by molar-refractivity contribution is 6.35. The molecule has 2 N–H and O–H groups in total. The number of anilines is 3. The molecule has 5 nitrogen and oxygen atoms in total. The Morgan fingerprint density at radius 2 is 1.71 bits per heavy atom. The molecule has 24 heavy (non-hydrogen) atoms. The number of halogens is 2. The predicted molar refractivity (Wildman–Crippen MR) is 98.1 cm³/mol. The van der Waals surface area contributed by atoms with E-state index >= 15 is 0 Å². The van der Waals surface area contributed by atoms with Gasteiger partial charge in [0.2, 0.25) is 5.95 Å². The van der Waals surface area contributed by atoms with E-state index in [1.807, 2.05) is 0 Å². The lowest BCUT2D eigenvalue weighted by molar-refractivity contribution is 0.948. The number of aromatic nitrogens is 3. The van der Waals surface area contributed by atoms with Crippen LogP contribution >= 0.6 is 23.2 Å². The van der Waals surface area contributed by atoms with Gasteiger partial charge in [0, 0.05) is 22.3 Å². The van der Waals surface area contributed by atoms with Crippen LogP contribution in [-0.2, 0) is 6.54 Å². The van der Waals surface area contributed by atoms with E-state index in [1.165, 1.54) is 11.8 Å². The van der Waals surface area contributed by atoms with Crippen molar-refractivity contribution < 1.29 is 0 Å². The number of benzene rings is 2. The molecule has 0 aliphatic heterocycles. The Labute approximate surface area is 150 Å². The molecule has 7 heteroatoms. The van der Waals surface area contributed by atoms with Gasteiger partial charge in [-0.05, 0) is 30.7 Å². The standard InChI is InChI=1S/C17H15Cl2N5/c1-11-2-4-12(5-3-11)9-20-17-23-16(10-21-24-17)22-15-7-13(18)6-14(19)8-15/h2-8,10H,9H2,1H3,(H2,20,22,23,24). The van der Waals surface area contributed by atoms with E-state index in [9.17, 15) is 0 Å². The second-order valence-corrected chi connectivity index (χ2v) is 6.16. The van der Waals surface area contributed by atoms with Gasteiger partial charge >= 0.3 is 0 Å². The highest BCUT2D eigenvalue weighted by atomic mass is 35.5. The molecule has 122 valence electrons. The van der Waals surface area contributed by atoms with Gasteiger partial charge < -0.3 is 10.6 Å². The zero-order chi connectivity index (χ0) is 16.9. The molecule has 0 saturated carbocycles. The van der Waals surface area contributed by atoms with Crippen LogP contribution in [0.25, 0.3) is 0 Å². The second-order valence-electron chi connectivity index (χ2n) is 5.29. The average Bonchev–Trinajstić information content (AvgIpc) is 2.54. The van der Waals surface area contributed by atoms with Gasteiger partial charge in [-0.25, -0.2) is 0 Å². The minimum atomic E-state index is 0.439. The first-order valence-electron chi connectivity index (χ1n) is 7.31. The summed E-state index contributed by atoms with van der Waals surface area (Å²) < 4.78 is 0. The molecular weight excluding hydrogens is 345 g/mol. The van der Waals surface area contributed by atoms with Crippen LogP contribution < -0.4 is 10.6 Å². The van der Waals surface area contributed by atoms with E-state index in [-0.39, 0.29) is 0 Å². The summed E-state index contributed by atoms with van der Waals surface area (Å²) in [5.74, 6) is 0.989. The van der Waals surface area contributed by atoms with E-state index in [0.717, 1.165) is 11.3 Å². The summed E-state index contributed by atoms with van der Waals surface area (Å²) in [6.07, 6.45) is 1.53. The van der Waals surface area contributed by atoms with Gasteiger partial charge in [-0.1, -0.05) is 53.0 Å². The fourth-order valence-corrected chi connectivity index (χ4v) is 2.63. The number of hydrogen-bond acceptors (Lipinski definition) is 5. The highest BCUT2D eigenvalue weighted by Crippen LogP contribution is 2.24. The van der Waals surface area contributed by atoms with Crippen LogP contribution in [0.4, 0.5) is 17.5 Å². The third-order valence-electron chi connectivity index (χ3n) is 3.27. The zero-order valence-corrected chi connectivity index (χ0v) is 14.4. The van der Waals surface area contributed by atoms with Crippen LogP contribution in [0.2, 0.25) is 10.0 Å². The fraction of sp³-hybridized carbons (Fsp3) is 0.118. The van der Waals surface area contributed by atoms with Crippen LogP contribution in [0.3, 0.4) is 0 Å². The monoisotopic (exact) mass is 359 g/mol. The molecule has 1 aromatic heterocycles. The molecule has 0 unspecified atom stereocenters. The first-order valence-corrected chi connectivity index (χ1v) is 8.06. The van der Waals surface area contributed by atoms with Crippen molar-refractivity contribution in [2.75, 3.05) is 10.6 Å². The first kappa shape index (κ1) is 16.5. The minimum absolute atomic E-state index is 0.439. The fourth-order valence-electron chi connectivity index (χ4n) is 2.10. The van der Waals surface area contributed by atoms with Crippen LogP contribution in [0, 0.1) is 6.92 Å². The van der Waals surface area contributed by atoms with Crippen molar-refractivity contribution in [3.05, 3.63) is 69.8 Å². The van der Waals surface area contributed by atoms with Gasteiger partial charge in [-0.15, -0.1) is 5.10 Å². The molecule has 0 bridgehead atoms. The van der Waals surface area contributed by atoms with Crippen LogP contribution in [0.1, 0.15) is 11.1 Å². The molecule has 0 fully saturated rings. The molecule has 0 aliphatic carbocycles. The SMILES string of the molecule is Cc1ccc(CNc2nncc(Nc3cc(Cl)cc(Cl)c3)n2)cc1. The lowest BCUT2D eigenvalue weighted by Gasteiger charge is -2.08. The number of nitrogens with one attached hydrogen (secondary N) is 2.